The van der Waals surface area contributed by atoms with E-state index < -0.39 is 42.2 Å². The van der Waals surface area contributed by atoms with E-state index in [1.165, 1.54) is 0 Å². The van der Waals surface area contributed by atoms with Gasteiger partial charge in [0.1, 0.15) is 24.6 Å². The van der Waals surface area contributed by atoms with Crippen molar-refractivity contribution >= 4 is 17.8 Å². The van der Waals surface area contributed by atoms with Crippen LogP contribution >= 0.6 is 0 Å². The molecule has 3 aliphatic rings. The van der Waals surface area contributed by atoms with Crippen LogP contribution in [0.5, 0.6) is 5.75 Å². The number of ether oxygens (including phenoxy) is 3. The number of carbonyl (C=O) groups excluding carboxylic acids is 3. The van der Waals surface area contributed by atoms with Crippen molar-refractivity contribution in [1.82, 2.24) is 10.2 Å². The minimum atomic E-state index is -1.69. The van der Waals surface area contributed by atoms with E-state index in [0.29, 0.717) is 48.4 Å². The van der Waals surface area contributed by atoms with Crippen molar-refractivity contribution in [3.05, 3.63) is 149 Å². The van der Waals surface area contributed by atoms with Crippen LogP contribution in [0, 0.1) is 0 Å². The second-order valence-electron chi connectivity index (χ2n) is 12.3. The highest BCUT2D eigenvalue weighted by Gasteiger charge is 2.47. The number of esters is 2. The Labute approximate surface area is 278 Å². The van der Waals surface area contributed by atoms with Gasteiger partial charge in [0.2, 0.25) is 0 Å². The number of hydrogen-bond acceptors (Lipinski definition) is 8. The fraction of sp³-hybridized carbons (Fsp3) is 0.256. The number of carbonyl (C=O) groups is 3. The molecule has 0 unspecified atom stereocenters. The van der Waals surface area contributed by atoms with Gasteiger partial charge in [0.25, 0.3) is 5.91 Å². The number of hydrogen-bond donors (Lipinski definition) is 2. The highest BCUT2D eigenvalue weighted by molar-refractivity contribution is 5.95. The standard InChI is InChI=1S/C39H36N2O7/c42-35-34(40-37(43)26-14-3-1-4-15-26)30-19-8-7-12-25(30)13-9-10-21-46-32-20-11-18-28-23-41-24-29(47-39(35)45)22-31(41)36(33(28)32)48-38(44)27-16-5-2-6-17-27/h1-12,14-20,29,31,34-36,42H,13,21-24H2,(H,40,43)/b10-9+/t29-,31-,34-,35+,36-/m0/s1. The number of nitrogens with zero attached hydrogens (tertiary/aromatic N) is 1. The second kappa shape index (κ2) is 13.9. The Kier molecular flexibility index (Phi) is 9.05. The molecule has 244 valence electrons. The summed E-state index contributed by atoms with van der Waals surface area (Å²) in [7, 11) is 0. The molecule has 9 heteroatoms. The summed E-state index contributed by atoms with van der Waals surface area (Å²) >= 11 is 0. The van der Waals surface area contributed by atoms with Crippen molar-refractivity contribution < 1.29 is 33.7 Å². The van der Waals surface area contributed by atoms with E-state index >= 15 is 0 Å². The van der Waals surface area contributed by atoms with Gasteiger partial charge in [-0.3, -0.25) is 9.69 Å². The Bertz CT molecular complexity index is 1830. The van der Waals surface area contributed by atoms with Gasteiger partial charge in [0.15, 0.2) is 6.10 Å². The number of aliphatic hydroxyl groups is 1. The number of fused-ring (bicyclic) bond motifs is 2. The van der Waals surface area contributed by atoms with Crippen molar-refractivity contribution in [2.75, 3.05) is 13.2 Å². The zero-order chi connectivity index (χ0) is 33.0. The molecular formula is C39H36N2O7. The average Bonchev–Trinajstić information content (AvgIpc) is 3.52. The highest BCUT2D eigenvalue weighted by atomic mass is 16.6. The van der Waals surface area contributed by atoms with Crippen molar-refractivity contribution in [3.63, 3.8) is 0 Å². The Morgan fingerprint density at radius 1 is 0.833 bits per heavy atom. The van der Waals surface area contributed by atoms with E-state index in [1.54, 1.807) is 54.6 Å². The number of nitrogens with one attached hydrogen (secondary N) is 1. The molecule has 1 fully saturated rings. The first kappa shape index (κ1) is 31.4. The summed E-state index contributed by atoms with van der Waals surface area (Å²) in [4.78, 5) is 42.6. The van der Waals surface area contributed by atoms with Gasteiger partial charge < -0.3 is 24.6 Å². The summed E-state index contributed by atoms with van der Waals surface area (Å²) in [5.41, 5.74) is 4.04. The van der Waals surface area contributed by atoms with E-state index in [9.17, 15) is 19.5 Å². The van der Waals surface area contributed by atoms with Crippen LogP contribution < -0.4 is 10.1 Å². The Hall–Kier alpha value is -5.25. The lowest BCUT2D eigenvalue weighted by atomic mass is 9.90. The molecule has 0 spiro atoms. The molecule has 4 aromatic carbocycles. The molecule has 3 bridgehead atoms. The summed E-state index contributed by atoms with van der Waals surface area (Å²) < 4.78 is 18.5. The first-order valence-corrected chi connectivity index (χ1v) is 16.2. The Morgan fingerprint density at radius 2 is 1.54 bits per heavy atom. The number of benzene rings is 4. The minimum Gasteiger partial charge on any atom is -0.489 e. The summed E-state index contributed by atoms with van der Waals surface area (Å²) in [6.07, 6.45) is 1.72. The zero-order valence-corrected chi connectivity index (χ0v) is 26.2. The predicted octanol–water partition coefficient (Wildman–Crippen LogP) is 5.11. The number of rotatable bonds is 4. The lowest BCUT2D eigenvalue weighted by molar-refractivity contribution is -0.160. The third kappa shape index (κ3) is 6.47. The third-order valence-corrected chi connectivity index (χ3v) is 9.21. The Balaban J connectivity index is 1.23. The molecule has 4 aromatic rings. The fourth-order valence-electron chi connectivity index (χ4n) is 6.91. The lowest BCUT2D eigenvalue weighted by Gasteiger charge is -2.38. The number of aliphatic hydroxyl groups excluding tert-OH is 1. The van der Waals surface area contributed by atoms with Gasteiger partial charge in [-0.15, -0.1) is 0 Å². The van der Waals surface area contributed by atoms with Crippen LogP contribution in [-0.4, -0.2) is 59.3 Å². The van der Waals surface area contributed by atoms with E-state index in [2.05, 4.69) is 10.2 Å². The highest BCUT2D eigenvalue weighted by Crippen LogP contribution is 2.45. The van der Waals surface area contributed by atoms with Crippen LogP contribution in [-0.2, 0) is 27.2 Å². The van der Waals surface area contributed by atoms with E-state index in [0.717, 1.165) is 16.7 Å². The smallest absolute Gasteiger partial charge is 0.338 e. The van der Waals surface area contributed by atoms with E-state index in [-0.39, 0.29) is 12.6 Å². The molecule has 9 nitrogen and oxygen atoms in total. The normalized spacial score (nSPS) is 24.4. The average molecular weight is 645 g/mol. The first-order chi connectivity index (χ1) is 23.5. The van der Waals surface area contributed by atoms with Gasteiger partial charge in [-0.25, -0.2) is 9.59 Å². The van der Waals surface area contributed by atoms with Crippen LogP contribution in [0.4, 0.5) is 0 Å². The van der Waals surface area contributed by atoms with Gasteiger partial charge in [-0.05, 0) is 53.4 Å². The topological polar surface area (TPSA) is 114 Å². The van der Waals surface area contributed by atoms with Crippen molar-refractivity contribution in [2.45, 2.75) is 49.8 Å². The molecule has 0 saturated carbocycles. The minimum absolute atomic E-state index is 0.271. The maximum absolute atomic E-state index is 13.7. The molecule has 2 N–H and O–H groups in total. The quantitative estimate of drug-likeness (QED) is 0.233. The molecule has 3 heterocycles. The molecule has 48 heavy (non-hydrogen) atoms. The van der Waals surface area contributed by atoms with Crippen LogP contribution in [0.3, 0.4) is 0 Å². The molecule has 0 aromatic heterocycles. The van der Waals surface area contributed by atoms with Crippen LogP contribution in [0.2, 0.25) is 0 Å². The molecule has 0 aliphatic carbocycles. The van der Waals surface area contributed by atoms with Crippen LogP contribution in [0.15, 0.2) is 115 Å². The van der Waals surface area contributed by atoms with Crippen molar-refractivity contribution in [1.29, 1.82) is 0 Å². The number of amides is 1. The van der Waals surface area contributed by atoms with Gasteiger partial charge in [-0.2, -0.15) is 0 Å². The van der Waals surface area contributed by atoms with E-state index in [1.807, 2.05) is 60.7 Å². The molecule has 1 amide bonds. The van der Waals surface area contributed by atoms with Crippen molar-refractivity contribution in [3.8, 4) is 5.75 Å². The predicted molar refractivity (Wildman–Crippen MR) is 177 cm³/mol. The molecule has 1 saturated heterocycles. The van der Waals surface area contributed by atoms with Crippen LogP contribution in [0.1, 0.15) is 61.5 Å². The fourth-order valence-corrected chi connectivity index (χ4v) is 6.91. The second-order valence-corrected chi connectivity index (χ2v) is 12.3. The summed E-state index contributed by atoms with van der Waals surface area (Å²) in [6.45, 7) is 1.20. The third-order valence-electron chi connectivity index (χ3n) is 9.21. The van der Waals surface area contributed by atoms with E-state index in [4.69, 9.17) is 14.2 Å². The first-order valence-electron chi connectivity index (χ1n) is 16.2. The lowest BCUT2D eigenvalue weighted by Crippen LogP contribution is -2.43. The maximum atomic E-state index is 13.7. The SMILES string of the molecule is O=C(N[C@H]1c2ccccc2C/C=C/COc2cccc3c2[C@@H](OC(=O)c2ccccc2)[C@@H]2C[C@@H](CN2C3)OC(=O)[C@@H]1O)c1ccccc1. The zero-order valence-electron chi connectivity index (χ0n) is 26.2. The largest absolute Gasteiger partial charge is 0.489 e. The molecule has 3 aliphatic heterocycles. The van der Waals surface area contributed by atoms with Crippen molar-refractivity contribution in [2.24, 2.45) is 0 Å². The summed E-state index contributed by atoms with van der Waals surface area (Å²) in [5.74, 6) is -1.09. The molecule has 7 rings (SSSR count). The molecule has 5 atom stereocenters. The summed E-state index contributed by atoms with van der Waals surface area (Å²) in [6, 6.07) is 29.3. The maximum Gasteiger partial charge on any atom is 0.338 e. The van der Waals surface area contributed by atoms with Crippen LogP contribution in [0.25, 0.3) is 0 Å². The van der Waals surface area contributed by atoms with Gasteiger partial charge in [-0.1, -0.05) is 84.9 Å². The molecular weight excluding hydrogens is 608 g/mol. The monoisotopic (exact) mass is 644 g/mol. The molecule has 0 radical (unpaired) electrons. The van der Waals surface area contributed by atoms with Gasteiger partial charge in [0.05, 0.1) is 17.6 Å². The Morgan fingerprint density at radius 3 is 2.33 bits per heavy atom. The van der Waals surface area contributed by atoms with Gasteiger partial charge >= 0.3 is 11.9 Å². The number of allylic oxidation sites excluding steroid dienone is 1. The van der Waals surface area contributed by atoms with Gasteiger partial charge in [0, 0.05) is 30.6 Å². The summed E-state index contributed by atoms with van der Waals surface area (Å²) in [5, 5.41) is 14.5.